The fourth-order valence-electron chi connectivity index (χ4n) is 3.59. The Hall–Kier alpha value is -1.46. The number of rotatable bonds is 6. The summed E-state index contributed by atoms with van der Waals surface area (Å²) >= 11 is 7.79. The molecule has 0 radical (unpaired) electrons. The van der Waals surface area contributed by atoms with E-state index in [9.17, 15) is 4.79 Å². The van der Waals surface area contributed by atoms with Gasteiger partial charge < -0.3 is 9.73 Å². The van der Waals surface area contributed by atoms with Crippen LogP contribution in [0, 0.1) is 18.8 Å². The first-order chi connectivity index (χ1) is 13.0. The molecule has 1 aromatic heterocycles. The molecule has 3 atom stereocenters. The van der Waals surface area contributed by atoms with Crippen LogP contribution in [0.2, 0.25) is 5.02 Å². The number of hydrogen-bond donors (Lipinski definition) is 1. The van der Waals surface area contributed by atoms with Crippen LogP contribution in [-0.4, -0.2) is 22.7 Å². The first-order valence-electron chi connectivity index (χ1n) is 9.54. The summed E-state index contributed by atoms with van der Waals surface area (Å²) in [5, 5.41) is 3.84. The highest BCUT2D eigenvalue weighted by molar-refractivity contribution is 7.99. The lowest BCUT2D eigenvalue weighted by Crippen LogP contribution is -2.44. The van der Waals surface area contributed by atoms with E-state index in [2.05, 4.69) is 24.1 Å². The van der Waals surface area contributed by atoms with Crippen LogP contribution in [0.5, 0.6) is 0 Å². The zero-order chi connectivity index (χ0) is 19.4. The standard InChI is InChI=1S/C21H27ClN2O2S/c1-13-7-6-10-18(14(13)2)23-20(25)12-27-11-19-15(3)26-21(24-19)16-8-4-5-9-17(16)22/h4-5,8-9,13-14,18H,6-7,10-12H2,1-3H3,(H,23,25)/t13-,14+,18+/m0/s1. The van der Waals surface area contributed by atoms with Crippen molar-refractivity contribution in [2.24, 2.45) is 11.8 Å². The van der Waals surface area contributed by atoms with Crippen molar-refractivity contribution in [2.75, 3.05) is 5.75 Å². The van der Waals surface area contributed by atoms with Crippen molar-refractivity contribution in [3.8, 4) is 11.5 Å². The summed E-state index contributed by atoms with van der Waals surface area (Å²) in [5.41, 5.74) is 1.65. The zero-order valence-corrected chi connectivity index (χ0v) is 17.7. The molecule has 3 rings (SSSR count). The van der Waals surface area contributed by atoms with Crippen LogP contribution in [0.25, 0.3) is 11.5 Å². The van der Waals surface area contributed by atoms with Crippen LogP contribution in [0.4, 0.5) is 0 Å². The average Bonchev–Trinajstić information content (AvgIpc) is 3.00. The molecule has 1 aliphatic carbocycles. The first-order valence-corrected chi connectivity index (χ1v) is 11.1. The van der Waals surface area contributed by atoms with E-state index in [1.165, 1.54) is 12.8 Å². The number of nitrogens with zero attached hydrogens (tertiary/aromatic N) is 1. The number of oxazole rings is 1. The summed E-state index contributed by atoms with van der Waals surface area (Å²) in [6, 6.07) is 7.81. The van der Waals surface area contributed by atoms with E-state index in [-0.39, 0.29) is 5.91 Å². The van der Waals surface area contributed by atoms with Gasteiger partial charge in [-0.15, -0.1) is 11.8 Å². The van der Waals surface area contributed by atoms with Crippen LogP contribution in [0.3, 0.4) is 0 Å². The Balaban J connectivity index is 1.52. The predicted octanol–water partition coefficient (Wildman–Crippen LogP) is 5.48. The molecule has 0 spiro atoms. The van der Waals surface area contributed by atoms with Gasteiger partial charge in [-0.05, 0) is 37.3 Å². The highest BCUT2D eigenvalue weighted by atomic mass is 35.5. The van der Waals surface area contributed by atoms with E-state index in [0.29, 0.717) is 40.3 Å². The molecule has 146 valence electrons. The van der Waals surface area contributed by atoms with E-state index in [1.54, 1.807) is 11.8 Å². The summed E-state index contributed by atoms with van der Waals surface area (Å²) in [7, 11) is 0. The number of carbonyl (C=O) groups excluding carboxylic acids is 1. The van der Waals surface area contributed by atoms with Crippen LogP contribution in [-0.2, 0) is 10.5 Å². The second kappa shape index (κ2) is 9.16. The van der Waals surface area contributed by atoms with Gasteiger partial charge in [0, 0.05) is 11.8 Å². The number of benzene rings is 1. The van der Waals surface area contributed by atoms with Gasteiger partial charge in [0.1, 0.15) is 5.76 Å². The molecular weight excluding hydrogens is 380 g/mol. The molecular formula is C21H27ClN2O2S. The van der Waals surface area contributed by atoms with Gasteiger partial charge in [0.05, 0.1) is 22.0 Å². The third-order valence-corrected chi connectivity index (χ3v) is 6.80. The van der Waals surface area contributed by atoms with E-state index in [1.807, 2.05) is 31.2 Å². The van der Waals surface area contributed by atoms with Crippen molar-refractivity contribution in [2.45, 2.75) is 51.8 Å². The number of carbonyl (C=O) groups is 1. The van der Waals surface area contributed by atoms with Crippen LogP contribution in [0.15, 0.2) is 28.7 Å². The van der Waals surface area contributed by atoms with Gasteiger partial charge in [-0.3, -0.25) is 4.79 Å². The largest absolute Gasteiger partial charge is 0.441 e. The summed E-state index contributed by atoms with van der Waals surface area (Å²) in [4.78, 5) is 16.9. The Kier molecular flexibility index (Phi) is 6.88. The highest BCUT2D eigenvalue weighted by Crippen LogP contribution is 2.30. The second-order valence-corrected chi connectivity index (χ2v) is 8.83. The van der Waals surface area contributed by atoms with Crippen molar-refractivity contribution in [1.82, 2.24) is 10.3 Å². The van der Waals surface area contributed by atoms with Crippen molar-refractivity contribution in [3.05, 3.63) is 40.7 Å². The SMILES string of the molecule is Cc1oc(-c2ccccc2Cl)nc1CSCC(=O)N[C@@H]1CCC[C@H](C)[C@H]1C. The minimum absolute atomic E-state index is 0.110. The normalized spacial score (nSPS) is 22.6. The van der Waals surface area contributed by atoms with Gasteiger partial charge in [0.15, 0.2) is 0 Å². The van der Waals surface area contributed by atoms with Crippen LogP contribution < -0.4 is 5.32 Å². The minimum atomic E-state index is 0.110. The molecule has 1 fully saturated rings. The smallest absolute Gasteiger partial charge is 0.230 e. The number of nitrogens with one attached hydrogen (secondary N) is 1. The van der Waals surface area contributed by atoms with Gasteiger partial charge in [-0.25, -0.2) is 4.98 Å². The number of aromatic nitrogens is 1. The maximum atomic E-state index is 12.3. The third-order valence-electron chi connectivity index (χ3n) is 5.52. The van der Waals surface area contributed by atoms with Crippen LogP contribution in [0.1, 0.15) is 44.6 Å². The number of amides is 1. The Labute approximate surface area is 170 Å². The predicted molar refractivity (Wildman–Crippen MR) is 112 cm³/mol. The highest BCUT2D eigenvalue weighted by Gasteiger charge is 2.28. The molecule has 1 aromatic carbocycles. The molecule has 0 bridgehead atoms. The van der Waals surface area contributed by atoms with E-state index >= 15 is 0 Å². The number of aryl methyl sites for hydroxylation is 1. The molecule has 0 unspecified atom stereocenters. The van der Waals surface area contributed by atoms with Crippen LogP contribution >= 0.6 is 23.4 Å². The van der Waals surface area contributed by atoms with Crippen molar-refractivity contribution in [1.29, 1.82) is 0 Å². The monoisotopic (exact) mass is 406 g/mol. The maximum absolute atomic E-state index is 12.3. The van der Waals surface area contributed by atoms with Gasteiger partial charge in [0.2, 0.25) is 11.8 Å². The Morgan fingerprint density at radius 1 is 1.33 bits per heavy atom. The quantitative estimate of drug-likeness (QED) is 0.690. The van der Waals surface area contributed by atoms with Gasteiger partial charge in [-0.2, -0.15) is 0 Å². The van der Waals surface area contributed by atoms with Crippen molar-refractivity contribution >= 4 is 29.3 Å². The molecule has 1 amide bonds. The van der Waals surface area contributed by atoms with Crippen molar-refractivity contribution in [3.63, 3.8) is 0 Å². The molecule has 1 N–H and O–H groups in total. The van der Waals surface area contributed by atoms with Gasteiger partial charge in [-0.1, -0.05) is 50.4 Å². The average molecular weight is 407 g/mol. The third kappa shape index (κ3) is 5.08. The van der Waals surface area contributed by atoms with Gasteiger partial charge >= 0.3 is 0 Å². The lowest BCUT2D eigenvalue weighted by molar-refractivity contribution is -0.119. The lowest BCUT2D eigenvalue weighted by atomic mass is 9.78. The lowest BCUT2D eigenvalue weighted by Gasteiger charge is -2.34. The molecule has 4 nitrogen and oxygen atoms in total. The fraction of sp³-hybridized carbons (Fsp3) is 0.524. The fourth-order valence-corrected chi connectivity index (χ4v) is 4.63. The summed E-state index contributed by atoms with van der Waals surface area (Å²) < 4.78 is 5.78. The summed E-state index contributed by atoms with van der Waals surface area (Å²) in [6.45, 7) is 6.42. The topological polar surface area (TPSA) is 55.1 Å². The molecule has 6 heteroatoms. The molecule has 0 saturated heterocycles. The molecule has 2 aromatic rings. The van der Waals surface area contributed by atoms with E-state index in [4.69, 9.17) is 16.0 Å². The zero-order valence-electron chi connectivity index (χ0n) is 16.1. The molecule has 1 saturated carbocycles. The van der Waals surface area contributed by atoms with Crippen molar-refractivity contribution < 1.29 is 9.21 Å². The first kappa shape index (κ1) is 20.3. The minimum Gasteiger partial charge on any atom is -0.441 e. The Morgan fingerprint density at radius 3 is 2.89 bits per heavy atom. The summed E-state index contributed by atoms with van der Waals surface area (Å²) in [6.07, 6.45) is 3.56. The molecule has 1 aliphatic rings. The number of hydrogen-bond acceptors (Lipinski definition) is 4. The summed E-state index contributed by atoms with van der Waals surface area (Å²) in [5.74, 6) is 3.71. The Morgan fingerprint density at radius 2 is 2.11 bits per heavy atom. The number of halogens is 1. The van der Waals surface area contributed by atoms with E-state index in [0.717, 1.165) is 23.4 Å². The Bertz CT molecular complexity index is 792. The molecule has 0 aliphatic heterocycles. The van der Waals surface area contributed by atoms with Gasteiger partial charge in [0.25, 0.3) is 0 Å². The van der Waals surface area contributed by atoms with E-state index < -0.39 is 0 Å². The number of thioether (sulfide) groups is 1. The maximum Gasteiger partial charge on any atom is 0.230 e. The molecule has 27 heavy (non-hydrogen) atoms. The second-order valence-electron chi connectivity index (χ2n) is 7.44. The molecule has 1 heterocycles.